The van der Waals surface area contributed by atoms with Crippen molar-refractivity contribution in [2.75, 3.05) is 19.5 Å². The molecule has 2 rings (SSSR count). The fourth-order valence-electron chi connectivity index (χ4n) is 1.31. The molecule has 0 aliphatic heterocycles. The van der Waals surface area contributed by atoms with Crippen LogP contribution in [0.25, 0.3) is 11.6 Å². The van der Waals surface area contributed by atoms with E-state index in [0.29, 0.717) is 18.3 Å². The molecule has 8 heteroatoms. The van der Waals surface area contributed by atoms with E-state index in [1.807, 2.05) is 7.05 Å². The number of nitrogens with zero attached hydrogens (tertiary/aromatic N) is 4. The Morgan fingerprint density at radius 2 is 2.29 bits per heavy atom. The lowest BCUT2D eigenvalue weighted by atomic mass is 10.4. The number of methoxy groups -OCH3 is 1. The van der Waals surface area contributed by atoms with Crippen LogP contribution < -0.4 is 5.32 Å². The minimum Gasteiger partial charge on any atom is -0.378 e. The fraction of sp³-hybridized carbons (Fsp3) is 0.333. The summed E-state index contributed by atoms with van der Waals surface area (Å²) in [7, 11) is 3.44. The van der Waals surface area contributed by atoms with Gasteiger partial charge in [0, 0.05) is 14.2 Å². The first kappa shape index (κ1) is 12.2. The highest BCUT2D eigenvalue weighted by molar-refractivity contribution is 14.1. The van der Waals surface area contributed by atoms with Crippen LogP contribution >= 0.6 is 22.6 Å². The molecule has 0 unspecified atom stereocenters. The van der Waals surface area contributed by atoms with Gasteiger partial charge in [-0.05, 0) is 22.6 Å². The van der Waals surface area contributed by atoms with E-state index in [1.165, 1.54) is 6.33 Å². The van der Waals surface area contributed by atoms with E-state index in [4.69, 9.17) is 4.74 Å². The summed E-state index contributed by atoms with van der Waals surface area (Å²) in [6.45, 7) is 0.427. The van der Waals surface area contributed by atoms with Crippen LogP contribution in [0.1, 0.15) is 5.69 Å². The second kappa shape index (κ2) is 5.36. The average Bonchev–Trinajstić information content (AvgIpc) is 2.85. The van der Waals surface area contributed by atoms with Crippen molar-refractivity contribution >= 4 is 28.4 Å². The Hall–Kier alpha value is -1.29. The Bertz CT molecular complexity index is 500. The first-order valence-electron chi connectivity index (χ1n) is 4.85. The van der Waals surface area contributed by atoms with E-state index in [0.717, 1.165) is 15.1 Å². The molecule has 2 aromatic rings. The van der Waals surface area contributed by atoms with Crippen molar-refractivity contribution in [2.45, 2.75) is 6.61 Å². The van der Waals surface area contributed by atoms with Crippen LogP contribution in [0.15, 0.2) is 6.33 Å². The van der Waals surface area contributed by atoms with E-state index in [1.54, 1.807) is 7.11 Å². The van der Waals surface area contributed by atoms with Crippen molar-refractivity contribution in [3.05, 3.63) is 15.6 Å². The molecule has 0 spiro atoms. The molecule has 0 radical (unpaired) electrons. The number of anilines is 1. The minimum atomic E-state index is 0.427. The molecule has 0 aliphatic rings. The van der Waals surface area contributed by atoms with Crippen molar-refractivity contribution in [1.82, 2.24) is 25.1 Å². The first-order chi connectivity index (χ1) is 8.26. The van der Waals surface area contributed by atoms with Gasteiger partial charge in [-0.1, -0.05) is 0 Å². The number of rotatable bonds is 4. The Kier molecular flexibility index (Phi) is 3.84. The molecule has 17 heavy (non-hydrogen) atoms. The summed E-state index contributed by atoms with van der Waals surface area (Å²) in [4.78, 5) is 12.8. The molecule has 2 aromatic heterocycles. The molecular weight excluding hydrogens is 335 g/mol. The average molecular weight is 346 g/mol. The summed E-state index contributed by atoms with van der Waals surface area (Å²) in [5.41, 5.74) is 0.818. The predicted molar refractivity (Wildman–Crippen MR) is 70.4 cm³/mol. The largest absolute Gasteiger partial charge is 0.378 e. The maximum absolute atomic E-state index is 5.11. The number of hydrogen-bond donors (Lipinski definition) is 2. The molecule has 0 fully saturated rings. The zero-order valence-electron chi connectivity index (χ0n) is 9.36. The standard InChI is InChI=1S/C9H11IN6O/c1-11-7-6(10)5(3-17-2)14-9(15-7)8-12-4-13-16-8/h4H,3H2,1-2H3,(H,11,14,15)(H,12,13,16). The van der Waals surface area contributed by atoms with Gasteiger partial charge in [-0.25, -0.2) is 15.0 Å². The number of hydrogen-bond acceptors (Lipinski definition) is 6. The number of nitrogens with one attached hydrogen (secondary N) is 2. The molecule has 0 saturated heterocycles. The zero-order chi connectivity index (χ0) is 12.3. The van der Waals surface area contributed by atoms with Crippen LogP contribution in [0.2, 0.25) is 0 Å². The van der Waals surface area contributed by atoms with E-state index < -0.39 is 0 Å². The molecule has 2 N–H and O–H groups in total. The number of aromatic nitrogens is 5. The molecule has 0 bridgehead atoms. The van der Waals surface area contributed by atoms with Crippen LogP contribution in [0.5, 0.6) is 0 Å². The van der Waals surface area contributed by atoms with Gasteiger partial charge in [-0.3, -0.25) is 5.10 Å². The zero-order valence-corrected chi connectivity index (χ0v) is 11.5. The molecule has 0 saturated carbocycles. The molecule has 7 nitrogen and oxygen atoms in total. The molecule has 0 amide bonds. The Labute approximate surface area is 112 Å². The van der Waals surface area contributed by atoms with E-state index >= 15 is 0 Å². The van der Waals surface area contributed by atoms with Crippen LogP contribution in [0, 0.1) is 3.57 Å². The smallest absolute Gasteiger partial charge is 0.199 e. The van der Waals surface area contributed by atoms with Crippen LogP contribution in [0.3, 0.4) is 0 Å². The molecule has 90 valence electrons. The van der Waals surface area contributed by atoms with Crippen LogP contribution in [-0.2, 0) is 11.3 Å². The van der Waals surface area contributed by atoms with E-state index in [-0.39, 0.29) is 0 Å². The first-order valence-corrected chi connectivity index (χ1v) is 5.93. The molecular formula is C9H11IN6O. The highest BCUT2D eigenvalue weighted by atomic mass is 127. The van der Waals surface area contributed by atoms with Crippen molar-refractivity contribution < 1.29 is 4.74 Å². The van der Waals surface area contributed by atoms with E-state index in [9.17, 15) is 0 Å². The SMILES string of the molecule is CNc1nc(-c2ncn[nH]2)nc(COC)c1I. The van der Waals surface area contributed by atoms with Crippen molar-refractivity contribution in [3.8, 4) is 11.6 Å². The van der Waals surface area contributed by atoms with Gasteiger partial charge in [0.2, 0.25) is 0 Å². The van der Waals surface area contributed by atoms with Crippen molar-refractivity contribution in [2.24, 2.45) is 0 Å². The van der Waals surface area contributed by atoms with Gasteiger partial charge in [0.1, 0.15) is 12.1 Å². The number of aromatic amines is 1. The van der Waals surface area contributed by atoms with Gasteiger partial charge in [-0.15, -0.1) is 0 Å². The van der Waals surface area contributed by atoms with Crippen LogP contribution in [-0.4, -0.2) is 39.3 Å². The van der Waals surface area contributed by atoms with Crippen LogP contribution in [0.4, 0.5) is 5.82 Å². The van der Waals surface area contributed by atoms with Crippen molar-refractivity contribution in [3.63, 3.8) is 0 Å². The summed E-state index contributed by atoms with van der Waals surface area (Å²) in [5.74, 6) is 1.79. The monoisotopic (exact) mass is 346 g/mol. The Morgan fingerprint density at radius 1 is 1.47 bits per heavy atom. The summed E-state index contributed by atoms with van der Waals surface area (Å²) >= 11 is 2.19. The lowest BCUT2D eigenvalue weighted by Crippen LogP contribution is -2.06. The molecule has 0 atom stereocenters. The fourth-order valence-corrected chi connectivity index (χ4v) is 1.98. The van der Waals surface area contributed by atoms with Crippen molar-refractivity contribution in [1.29, 1.82) is 0 Å². The third-order valence-corrected chi connectivity index (χ3v) is 3.20. The summed E-state index contributed by atoms with van der Waals surface area (Å²) in [6, 6.07) is 0. The van der Waals surface area contributed by atoms with Gasteiger partial charge < -0.3 is 10.1 Å². The summed E-state index contributed by atoms with van der Waals surface area (Å²) < 4.78 is 6.05. The summed E-state index contributed by atoms with van der Waals surface area (Å²) in [6.07, 6.45) is 1.42. The number of H-pyrrole nitrogens is 1. The third kappa shape index (κ3) is 2.52. The quantitative estimate of drug-likeness (QED) is 0.805. The maximum atomic E-state index is 5.11. The second-order valence-corrected chi connectivity index (χ2v) is 4.25. The maximum Gasteiger partial charge on any atom is 0.199 e. The lowest BCUT2D eigenvalue weighted by Gasteiger charge is -2.09. The van der Waals surface area contributed by atoms with Gasteiger partial charge >= 0.3 is 0 Å². The second-order valence-electron chi connectivity index (χ2n) is 3.17. The highest BCUT2D eigenvalue weighted by Gasteiger charge is 2.13. The third-order valence-electron chi connectivity index (χ3n) is 2.06. The number of halogens is 1. The van der Waals surface area contributed by atoms with Gasteiger partial charge in [0.15, 0.2) is 11.6 Å². The Balaban J connectivity index is 2.50. The normalized spacial score (nSPS) is 10.5. The van der Waals surface area contributed by atoms with E-state index in [2.05, 4.69) is 53.1 Å². The lowest BCUT2D eigenvalue weighted by molar-refractivity contribution is 0.181. The minimum absolute atomic E-state index is 0.427. The van der Waals surface area contributed by atoms with Gasteiger partial charge in [-0.2, -0.15) is 5.10 Å². The summed E-state index contributed by atoms with van der Waals surface area (Å²) in [5, 5.41) is 9.54. The highest BCUT2D eigenvalue weighted by Crippen LogP contribution is 2.22. The van der Waals surface area contributed by atoms with Gasteiger partial charge in [0.05, 0.1) is 15.9 Å². The molecule has 0 aliphatic carbocycles. The molecule has 0 aromatic carbocycles. The topological polar surface area (TPSA) is 88.6 Å². The van der Waals surface area contributed by atoms with Gasteiger partial charge in [0.25, 0.3) is 0 Å². The predicted octanol–water partition coefficient (Wildman–Crippen LogP) is 1.05. The number of ether oxygens (including phenoxy) is 1. The Morgan fingerprint density at radius 3 is 2.88 bits per heavy atom. The molecule has 2 heterocycles.